The summed E-state index contributed by atoms with van der Waals surface area (Å²) in [7, 11) is 1.54. The van der Waals surface area contributed by atoms with Gasteiger partial charge in [0.2, 0.25) is 11.8 Å². The Bertz CT molecular complexity index is 1200. The lowest BCUT2D eigenvalue weighted by molar-refractivity contribution is 0.234. The van der Waals surface area contributed by atoms with Crippen molar-refractivity contribution < 1.29 is 19.0 Å². The number of anilines is 1. The quantitative estimate of drug-likeness (QED) is 0.539. The predicted octanol–water partition coefficient (Wildman–Crippen LogP) is 4.92. The summed E-state index contributed by atoms with van der Waals surface area (Å²) in [6.45, 7) is 5.92. The molecule has 0 amide bonds. The number of aromatic nitrogens is 2. The highest BCUT2D eigenvalue weighted by atomic mass is 19.1. The lowest BCUT2D eigenvalue weighted by Crippen LogP contribution is -2.36. The molecule has 0 spiro atoms. The molecule has 0 saturated carbocycles. The van der Waals surface area contributed by atoms with E-state index in [1.54, 1.807) is 31.4 Å². The van der Waals surface area contributed by atoms with Crippen LogP contribution in [0.2, 0.25) is 0 Å². The smallest absolute Gasteiger partial charge is 0.229 e. The van der Waals surface area contributed by atoms with Gasteiger partial charge in [-0.2, -0.15) is 4.98 Å². The van der Waals surface area contributed by atoms with E-state index in [0.717, 1.165) is 49.3 Å². The van der Waals surface area contributed by atoms with Crippen molar-refractivity contribution in [3.8, 4) is 23.1 Å². The predicted molar refractivity (Wildman–Crippen MR) is 132 cm³/mol. The van der Waals surface area contributed by atoms with Crippen LogP contribution in [0.5, 0.6) is 23.1 Å². The monoisotopic (exact) mass is 478 g/mol. The van der Waals surface area contributed by atoms with Crippen LogP contribution in [-0.2, 0) is 19.5 Å². The molecule has 35 heavy (non-hydrogen) atoms. The van der Waals surface area contributed by atoms with Crippen LogP contribution in [0.15, 0.2) is 42.5 Å². The summed E-state index contributed by atoms with van der Waals surface area (Å²) in [6.07, 6.45) is 2.91. The van der Waals surface area contributed by atoms with E-state index in [1.165, 1.54) is 6.07 Å². The molecule has 3 heterocycles. The maximum absolute atomic E-state index is 14.5. The lowest BCUT2D eigenvalue weighted by Gasteiger charge is -2.33. The second kappa shape index (κ2) is 10.1. The molecule has 1 saturated heterocycles. The summed E-state index contributed by atoms with van der Waals surface area (Å²) in [4.78, 5) is 14.1. The standard InChI is InChI=1S/C27H31FN4O3/c1-18-10-14-32(15-11-18)27-29-22-12-13-31(16-19-6-5-9-24(34-2)25(19)33)17-20(22)26(30-27)35-23-8-4-3-7-21(23)28/h3-9,18,33H,10-17H2,1-2H3. The van der Waals surface area contributed by atoms with Gasteiger partial charge in [-0.3, -0.25) is 4.90 Å². The Morgan fingerprint density at radius 3 is 2.57 bits per heavy atom. The number of fused-ring (bicyclic) bond motifs is 1. The number of ether oxygens (including phenoxy) is 2. The van der Waals surface area contributed by atoms with Crippen molar-refractivity contribution in [2.24, 2.45) is 5.92 Å². The summed E-state index contributed by atoms with van der Waals surface area (Å²) in [5.41, 5.74) is 2.58. The number of piperidine rings is 1. The van der Waals surface area contributed by atoms with Crippen LogP contribution in [0.1, 0.15) is 36.6 Å². The molecule has 184 valence electrons. The van der Waals surface area contributed by atoms with Crippen LogP contribution >= 0.6 is 0 Å². The minimum absolute atomic E-state index is 0.147. The van der Waals surface area contributed by atoms with Crippen LogP contribution in [-0.4, -0.2) is 46.7 Å². The molecule has 0 bridgehead atoms. The molecule has 0 aliphatic carbocycles. The average molecular weight is 479 g/mol. The zero-order valence-corrected chi connectivity index (χ0v) is 20.2. The van der Waals surface area contributed by atoms with Crippen molar-refractivity contribution in [1.29, 1.82) is 0 Å². The highest BCUT2D eigenvalue weighted by Crippen LogP contribution is 2.35. The Morgan fingerprint density at radius 1 is 1.03 bits per heavy atom. The van der Waals surface area contributed by atoms with E-state index in [0.29, 0.717) is 43.0 Å². The first-order chi connectivity index (χ1) is 17.0. The molecular weight excluding hydrogens is 447 g/mol. The van der Waals surface area contributed by atoms with E-state index in [1.807, 2.05) is 12.1 Å². The minimum Gasteiger partial charge on any atom is -0.504 e. The second-order valence-electron chi connectivity index (χ2n) is 9.38. The summed E-state index contributed by atoms with van der Waals surface area (Å²) in [6, 6.07) is 11.9. The molecule has 2 aromatic carbocycles. The summed E-state index contributed by atoms with van der Waals surface area (Å²) >= 11 is 0. The minimum atomic E-state index is -0.429. The number of nitrogens with zero attached hydrogens (tertiary/aromatic N) is 4. The summed E-state index contributed by atoms with van der Waals surface area (Å²) in [5.74, 6) is 2.06. The van der Waals surface area contributed by atoms with Gasteiger partial charge in [-0.1, -0.05) is 31.2 Å². The first-order valence-electron chi connectivity index (χ1n) is 12.2. The fourth-order valence-corrected chi connectivity index (χ4v) is 4.73. The average Bonchev–Trinajstić information content (AvgIpc) is 2.87. The Labute approximate surface area is 205 Å². The fraction of sp³-hybridized carbons (Fsp3) is 0.407. The molecule has 5 rings (SSSR count). The molecule has 3 aromatic rings. The number of phenols is 1. The van der Waals surface area contributed by atoms with E-state index in [9.17, 15) is 9.50 Å². The van der Waals surface area contributed by atoms with Crippen molar-refractivity contribution >= 4 is 5.95 Å². The first kappa shape index (κ1) is 23.4. The van der Waals surface area contributed by atoms with E-state index in [4.69, 9.17) is 19.4 Å². The number of benzene rings is 2. The number of methoxy groups -OCH3 is 1. The van der Waals surface area contributed by atoms with E-state index in [-0.39, 0.29) is 11.5 Å². The molecule has 8 heteroatoms. The molecule has 7 nitrogen and oxygen atoms in total. The molecule has 1 N–H and O–H groups in total. The van der Waals surface area contributed by atoms with Crippen LogP contribution in [0, 0.1) is 11.7 Å². The van der Waals surface area contributed by atoms with Gasteiger partial charge >= 0.3 is 0 Å². The SMILES string of the molecule is COc1cccc(CN2CCc3nc(N4CCC(C)CC4)nc(Oc4ccccc4F)c3C2)c1O. The van der Waals surface area contributed by atoms with Crippen molar-refractivity contribution in [1.82, 2.24) is 14.9 Å². The first-order valence-corrected chi connectivity index (χ1v) is 12.2. The molecular formula is C27H31FN4O3. The van der Waals surface area contributed by atoms with Crippen molar-refractivity contribution in [3.63, 3.8) is 0 Å². The van der Waals surface area contributed by atoms with Gasteiger partial charge in [0.15, 0.2) is 23.1 Å². The van der Waals surface area contributed by atoms with Gasteiger partial charge in [-0.25, -0.2) is 9.37 Å². The molecule has 1 aromatic heterocycles. The van der Waals surface area contributed by atoms with Gasteiger partial charge in [0, 0.05) is 44.7 Å². The number of halogens is 1. The van der Waals surface area contributed by atoms with Gasteiger partial charge in [-0.15, -0.1) is 0 Å². The Hall–Kier alpha value is -3.39. The molecule has 2 aliphatic heterocycles. The van der Waals surface area contributed by atoms with E-state index < -0.39 is 5.82 Å². The normalized spacial score (nSPS) is 16.7. The molecule has 1 fully saturated rings. The molecule has 0 radical (unpaired) electrons. The maximum atomic E-state index is 14.5. The molecule has 2 aliphatic rings. The zero-order chi connectivity index (χ0) is 24.4. The number of hydrogen-bond acceptors (Lipinski definition) is 7. The van der Waals surface area contributed by atoms with Crippen molar-refractivity contribution in [3.05, 3.63) is 65.1 Å². The number of aromatic hydroxyl groups is 1. The number of para-hydroxylation sites is 2. The van der Waals surface area contributed by atoms with Gasteiger partial charge in [-0.05, 0) is 37.0 Å². The number of hydrogen-bond donors (Lipinski definition) is 1. The topological polar surface area (TPSA) is 71.0 Å². The van der Waals surface area contributed by atoms with Gasteiger partial charge in [0.25, 0.3) is 0 Å². The Morgan fingerprint density at radius 2 is 1.80 bits per heavy atom. The third-order valence-corrected chi connectivity index (χ3v) is 6.90. The maximum Gasteiger partial charge on any atom is 0.229 e. The lowest BCUT2D eigenvalue weighted by atomic mass is 9.99. The Balaban J connectivity index is 1.45. The van der Waals surface area contributed by atoms with E-state index >= 15 is 0 Å². The highest BCUT2D eigenvalue weighted by molar-refractivity contribution is 5.46. The summed E-state index contributed by atoms with van der Waals surface area (Å²) in [5, 5.41) is 10.5. The Kier molecular flexibility index (Phi) is 6.72. The van der Waals surface area contributed by atoms with Crippen LogP contribution < -0.4 is 14.4 Å². The highest BCUT2D eigenvalue weighted by Gasteiger charge is 2.27. The van der Waals surface area contributed by atoms with Crippen molar-refractivity contribution in [2.75, 3.05) is 31.6 Å². The van der Waals surface area contributed by atoms with E-state index in [2.05, 4.69) is 16.7 Å². The zero-order valence-electron chi connectivity index (χ0n) is 20.2. The van der Waals surface area contributed by atoms with Crippen LogP contribution in [0.4, 0.5) is 10.3 Å². The van der Waals surface area contributed by atoms with Gasteiger partial charge in [0.1, 0.15) is 0 Å². The molecule has 0 atom stereocenters. The second-order valence-corrected chi connectivity index (χ2v) is 9.38. The number of phenolic OH excluding ortho intramolecular Hbond substituents is 1. The third kappa shape index (κ3) is 5.03. The number of rotatable bonds is 6. The van der Waals surface area contributed by atoms with Crippen LogP contribution in [0.25, 0.3) is 0 Å². The van der Waals surface area contributed by atoms with Gasteiger partial charge in [0.05, 0.1) is 18.4 Å². The fourth-order valence-electron chi connectivity index (χ4n) is 4.73. The third-order valence-electron chi connectivity index (χ3n) is 6.90. The van der Waals surface area contributed by atoms with Gasteiger partial charge < -0.3 is 19.5 Å². The summed E-state index contributed by atoms with van der Waals surface area (Å²) < 4.78 is 25.8. The van der Waals surface area contributed by atoms with Crippen LogP contribution in [0.3, 0.4) is 0 Å². The largest absolute Gasteiger partial charge is 0.504 e. The van der Waals surface area contributed by atoms with Crippen molar-refractivity contribution in [2.45, 2.75) is 39.3 Å². The molecule has 0 unspecified atom stereocenters.